The molecule has 0 radical (unpaired) electrons. The molecule has 11 N–H and O–H groups in total. The van der Waals surface area contributed by atoms with Gasteiger partial charge in [0, 0.05) is 5.56 Å². The van der Waals surface area contributed by atoms with Gasteiger partial charge in [-0.15, -0.1) is 0 Å². The van der Waals surface area contributed by atoms with Crippen molar-refractivity contribution in [2.75, 3.05) is 0 Å². The van der Waals surface area contributed by atoms with Crippen molar-refractivity contribution >= 4 is 54.3 Å². The smallest absolute Gasteiger partial charge is 0.208 e. The van der Waals surface area contributed by atoms with E-state index in [1.54, 1.807) is 12.1 Å². The number of phenolic OH excluding ortho intramolecular Hbond substituents is 11. The Morgan fingerprint density at radius 2 is 0.812 bits per heavy atom. The van der Waals surface area contributed by atoms with Crippen LogP contribution in [0.2, 0.25) is 0 Å². The number of hydrogen-bond donors (Lipinski definition) is 11. The molecule has 0 atom stereocenters. The lowest BCUT2D eigenvalue weighted by molar-refractivity contribution is 0.348. The molecule has 238 valence electrons. The molecule has 8 aromatic rings. The number of phenols is 11. The van der Waals surface area contributed by atoms with Crippen LogP contribution in [0.5, 0.6) is 63.2 Å². The van der Waals surface area contributed by atoms with Crippen molar-refractivity contribution in [2.45, 2.75) is 0 Å². The number of rotatable bonds is 2. The predicted octanol–water partition coefficient (Wildman–Crippen LogP) is 7.14. The van der Waals surface area contributed by atoms with Crippen molar-refractivity contribution in [1.82, 2.24) is 0 Å². The van der Waals surface area contributed by atoms with E-state index in [9.17, 15) is 56.2 Å². The summed E-state index contributed by atoms with van der Waals surface area (Å²) >= 11 is 0. The Balaban J connectivity index is 1.68. The van der Waals surface area contributed by atoms with Gasteiger partial charge in [0.15, 0.2) is 51.4 Å². The lowest BCUT2D eigenvalue weighted by atomic mass is 9.83. The SMILES string of the molecule is Oc1cc2c(-c3cccc4ccccc34)c3cc(O)c(O)cc3c(-c3c(O)c(O)c(O)c4c3oc3c(O)c(O)c(O)c(O)c34)c2cc1O. The van der Waals surface area contributed by atoms with E-state index in [2.05, 4.69) is 0 Å². The number of hydrogen-bond acceptors (Lipinski definition) is 12. The minimum absolute atomic E-state index is 0.0705. The van der Waals surface area contributed by atoms with Crippen LogP contribution in [-0.4, -0.2) is 56.2 Å². The number of furan rings is 1. The second-order valence-electron chi connectivity index (χ2n) is 11.4. The molecule has 0 amide bonds. The Bertz CT molecular complexity index is 2670. The molecule has 0 aliphatic carbocycles. The summed E-state index contributed by atoms with van der Waals surface area (Å²) < 4.78 is 5.84. The van der Waals surface area contributed by atoms with E-state index >= 15 is 0 Å². The first-order valence-electron chi connectivity index (χ1n) is 14.2. The first-order valence-corrected chi connectivity index (χ1v) is 14.2. The third kappa shape index (κ3) is 3.53. The van der Waals surface area contributed by atoms with Gasteiger partial charge in [-0.25, -0.2) is 0 Å². The molecule has 1 heterocycles. The largest absolute Gasteiger partial charge is 0.504 e. The maximum Gasteiger partial charge on any atom is 0.208 e. The Kier molecular flexibility index (Phi) is 5.60. The van der Waals surface area contributed by atoms with Gasteiger partial charge in [0.05, 0.1) is 16.3 Å². The second-order valence-corrected chi connectivity index (χ2v) is 11.4. The van der Waals surface area contributed by atoms with Gasteiger partial charge in [0.2, 0.25) is 23.0 Å². The Morgan fingerprint density at radius 1 is 0.354 bits per heavy atom. The summed E-state index contributed by atoms with van der Waals surface area (Å²) in [6.07, 6.45) is 0. The summed E-state index contributed by atoms with van der Waals surface area (Å²) in [4.78, 5) is 0. The van der Waals surface area contributed by atoms with E-state index in [1.807, 2.05) is 30.3 Å². The van der Waals surface area contributed by atoms with Gasteiger partial charge in [0.25, 0.3) is 0 Å². The number of aromatic hydroxyl groups is 11. The van der Waals surface area contributed by atoms with Crippen molar-refractivity contribution in [3.05, 3.63) is 66.7 Å². The second kappa shape index (κ2) is 9.47. The zero-order valence-electron chi connectivity index (χ0n) is 24.2. The maximum atomic E-state index is 11.5. The highest BCUT2D eigenvalue weighted by Gasteiger charge is 2.33. The molecule has 0 aliphatic heterocycles. The first-order chi connectivity index (χ1) is 22.9. The molecule has 48 heavy (non-hydrogen) atoms. The zero-order chi connectivity index (χ0) is 33.9. The van der Waals surface area contributed by atoms with Crippen LogP contribution in [0.1, 0.15) is 0 Å². The molecule has 7 aromatic carbocycles. The van der Waals surface area contributed by atoms with Gasteiger partial charge in [-0.05, 0) is 67.7 Å². The quantitative estimate of drug-likeness (QED) is 0.0510. The normalized spacial score (nSPS) is 11.8. The predicted molar refractivity (Wildman–Crippen MR) is 175 cm³/mol. The fourth-order valence-corrected chi connectivity index (χ4v) is 6.64. The highest BCUT2D eigenvalue weighted by molar-refractivity contribution is 6.28. The molecule has 1 aromatic heterocycles. The molecular formula is C36H22O12. The van der Waals surface area contributed by atoms with Gasteiger partial charge < -0.3 is 60.6 Å². The van der Waals surface area contributed by atoms with Crippen LogP contribution in [0.25, 0.3) is 76.5 Å². The number of fused-ring (bicyclic) bond motifs is 6. The Hall–Kier alpha value is -7.08. The maximum absolute atomic E-state index is 11.5. The highest BCUT2D eigenvalue weighted by atomic mass is 16.4. The molecule has 0 aliphatic rings. The van der Waals surface area contributed by atoms with Crippen molar-refractivity contribution < 1.29 is 60.6 Å². The van der Waals surface area contributed by atoms with Crippen LogP contribution in [-0.2, 0) is 0 Å². The summed E-state index contributed by atoms with van der Waals surface area (Å²) in [6.45, 7) is 0. The Labute approximate surface area is 266 Å². The van der Waals surface area contributed by atoms with Crippen LogP contribution >= 0.6 is 0 Å². The van der Waals surface area contributed by atoms with Crippen molar-refractivity contribution in [3.8, 4) is 85.5 Å². The summed E-state index contributed by atoms with van der Waals surface area (Å²) in [5.41, 5.74) is -0.532. The summed E-state index contributed by atoms with van der Waals surface area (Å²) in [6, 6.07) is 17.8. The minimum atomic E-state index is -1.16. The molecule has 0 fully saturated rings. The topological polar surface area (TPSA) is 236 Å². The molecule has 8 rings (SSSR count). The van der Waals surface area contributed by atoms with E-state index in [4.69, 9.17) is 4.42 Å². The average molecular weight is 647 g/mol. The van der Waals surface area contributed by atoms with Gasteiger partial charge in [-0.2, -0.15) is 0 Å². The van der Waals surface area contributed by atoms with Gasteiger partial charge >= 0.3 is 0 Å². The van der Waals surface area contributed by atoms with Gasteiger partial charge in [-0.1, -0.05) is 42.5 Å². The summed E-state index contributed by atoms with van der Waals surface area (Å²) in [5.74, 6) is -9.72. The zero-order valence-corrected chi connectivity index (χ0v) is 24.2. The lowest BCUT2D eigenvalue weighted by Crippen LogP contribution is -1.93. The highest BCUT2D eigenvalue weighted by Crippen LogP contribution is 2.60. The minimum Gasteiger partial charge on any atom is -0.504 e. The van der Waals surface area contributed by atoms with E-state index in [0.29, 0.717) is 11.1 Å². The van der Waals surface area contributed by atoms with Crippen LogP contribution in [0.3, 0.4) is 0 Å². The third-order valence-electron chi connectivity index (χ3n) is 8.80. The summed E-state index contributed by atoms with van der Waals surface area (Å²) in [7, 11) is 0. The van der Waals surface area contributed by atoms with Gasteiger partial charge in [0.1, 0.15) is 0 Å². The van der Waals surface area contributed by atoms with E-state index in [1.165, 1.54) is 24.3 Å². The molecule has 0 spiro atoms. The Morgan fingerprint density at radius 3 is 1.40 bits per heavy atom. The summed E-state index contributed by atoms with van der Waals surface area (Å²) in [5, 5.41) is 120. The average Bonchev–Trinajstić information content (AvgIpc) is 3.47. The van der Waals surface area contributed by atoms with Crippen LogP contribution in [0, 0.1) is 0 Å². The van der Waals surface area contributed by atoms with Crippen molar-refractivity contribution in [1.29, 1.82) is 0 Å². The monoisotopic (exact) mass is 646 g/mol. The van der Waals surface area contributed by atoms with Crippen LogP contribution < -0.4 is 0 Å². The van der Waals surface area contributed by atoms with Crippen molar-refractivity contribution in [3.63, 3.8) is 0 Å². The standard InChI is InChI=1S/C36H22O12/c37-19-8-15-17(10-21(19)39)24(18-11-22(40)20(38)9-16(18)23(15)14-7-3-5-12-4-1-2-6-13(12)14)25-28(41)31(44)29(42)26-27-30(43)32(45)33(46)34(47)36(27)48-35(25)26/h1-11,37-47H. The first kappa shape index (κ1) is 28.4. The molecule has 0 unspecified atom stereocenters. The van der Waals surface area contributed by atoms with E-state index in [0.717, 1.165) is 10.8 Å². The molecule has 0 bridgehead atoms. The van der Waals surface area contributed by atoms with Gasteiger partial charge in [-0.3, -0.25) is 0 Å². The molecule has 0 saturated carbocycles. The molecule has 12 heteroatoms. The molecule has 0 saturated heterocycles. The van der Waals surface area contributed by atoms with Crippen LogP contribution in [0.15, 0.2) is 71.1 Å². The van der Waals surface area contributed by atoms with Crippen molar-refractivity contribution in [2.24, 2.45) is 0 Å². The molecular weight excluding hydrogens is 624 g/mol. The van der Waals surface area contributed by atoms with E-state index in [-0.39, 0.29) is 27.1 Å². The fourth-order valence-electron chi connectivity index (χ4n) is 6.64. The molecule has 12 nitrogen and oxygen atoms in total. The fraction of sp³-hybridized carbons (Fsp3) is 0. The third-order valence-corrected chi connectivity index (χ3v) is 8.80. The lowest BCUT2D eigenvalue weighted by Gasteiger charge is -2.21. The van der Waals surface area contributed by atoms with E-state index < -0.39 is 90.7 Å². The number of benzene rings is 7. The van der Waals surface area contributed by atoms with Crippen LogP contribution in [0.4, 0.5) is 0 Å².